The minimum atomic E-state index is -0.629. The fourth-order valence-electron chi connectivity index (χ4n) is 2.91. The average Bonchev–Trinajstić information content (AvgIpc) is 2.71. The molecular formula is C23H38N2O3. The first-order chi connectivity index (χ1) is 13.7. The van der Waals surface area contributed by atoms with Gasteiger partial charge >= 0.3 is 11.8 Å². The molecule has 0 fully saturated rings. The smallest absolute Gasteiger partial charge is 0.313 e. The van der Waals surface area contributed by atoms with E-state index in [1.165, 1.54) is 38.5 Å². The number of carbonyl (C=O) groups excluding carboxylic acids is 2. The van der Waals surface area contributed by atoms with Crippen molar-refractivity contribution in [3.63, 3.8) is 0 Å². The van der Waals surface area contributed by atoms with E-state index in [0.717, 1.165) is 37.9 Å². The summed E-state index contributed by atoms with van der Waals surface area (Å²) in [6.07, 6.45) is 13.0. The maximum atomic E-state index is 12.0. The third-order valence-electron chi connectivity index (χ3n) is 4.65. The molecule has 0 aliphatic carbocycles. The molecule has 0 aliphatic heterocycles. The van der Waals surface area contributed by atoms with Crippen LogP contribution in [0.2, 0.25) is 0 Å². The van der Waals surface area contributed by atoms with Gasteiger partial charge in [-0.05, 0) is 37.1 Å². The second-order valence-electron chi connectivity index (χ2n) is 7.26. The lowest BCUT2D eigenvalue weighted by Gasteiger charge is -2.08. The van der Waals surface area contributed by atoms with Crippen LogP contribution in [0.3, 0.4) is 0 Å². The highest BCUT2D eigenvalue weighted by Crippen LogP contribution is 2.16. The monoisotopic (exact) mass is 390 g/mol. The molecule has 0 unspecified atom stereocenters. The first-order valence-electron chi connectivity index (χ1n) is 11.0. The second-order valence-corrected chi connectivity index (χ2v) is 7.26. The van der Waals surface area contributed by atoms with Crippen LogP contribution in [0.1, 0.15) is 84.5 Å². The predicted molar refractivity (Wildman–Crippen MR) is 116 cm³/mol. The van der Waals surface area contributed by atoms with E-state index in [1.807, 2.05) is 0 Å². The molecule has 0 radical (unpaired) electrons. The van der Waals surface area contributed by atoms with Crippen molar-refractivity contribution >= 4 is 17.5 Å². The van der Waals surface area contributed by atoms with Crippen LogP contribution in [0, 0.1) is 0 Å². The molecule has 2 N–H and O–H groups in total. The lowest BCUT2D eigenvalue weighted by atomic mass is 10.1. The molecule has 2 amide bonds. The van der Waals surface area contributed by atoms with Gasteiger partial charge in [-0.15, -0.1) is 0 Å². The Morgan fingerprint density at radius 2 is 1.32 bits per heavy atom. The fraction of sp³-hybridized carbons (Fsp3) is 0.652. The van der Waals surface area contributed by atoms with Crippen molar-refractivity contribution < 1.29 is 14.3 Å². The maximum Gasteiger partial charge on any atom is 0.313 e. The number of hydrogen-bond donors (Lipinski definition) is 2. The van der Waals surface area contributed by atoms with E-state index in [4.69, 9.17) is 4.74 Å². The van der Waals surface area contributed by atoms with Crippen molar-refractivity contribution in [2.75, 3.05) is 18.5 Å². The van der Waals surface area contributed by atoms with Crippen LogP contribution in [0.15, 0.2) is 24.3 Å². The molecule has 1 aromatic carbocycles. The lowest BCUT2D eigenvalue weighted by molar-refractivity contribution is -0.136. The maximum absolute atomic E-state index is 12.0. The Labute approximate surface area is 170 Å². The van der Waals surface area contributed by atoms with Crippen molar-refractivity contribution in [1.82, 2.24) is 5.32 Å². The van der Waals surface area contributed by atoms with E-state index in [2.05, 4.69) is 24.5 Å². The number of carbonyl (C=O) groups is 2. The molecule has 0 saturated heterocycles. The fourth-order valence-corrected chi connectivity index (χ4v) is 2.91. The zero-order chi connectivity index (χ0) is 20.5. The molecular weight excluding hydrogens is 352 g/mol. The second kappa shape index (κ2) is 16.0. The van der Waals surface area contributed by atoms with Crippen molar-refractivity contribution in [3.8, 4) is 5.75 Å². The Kier molecular flexibility index (Phi) is 13.7. The summed E-state index contributed by atoms with van der Waals surface area (Å²) in [5, 5.41) is 5.31. The number of ether oxygens (including phenoxy) is 1. The van der Waals surface area contributed by atoms with E-state index in [9.17, 15) is 9.59 Å². The van der Waals surface area contributed by atoms with E-state index in [-0.39, 0.29) is 0 Å². The Balaban J connectivity index is 2.14. The highest BCUT2D eigenvalue weighted by atomic mass is 16.5. The Hall–Kier alpha value is -2.04. The van der Waals surface area contributed by atoms with Gasteiger partial charge in [-0.25, -0.2) is 0 Å². The minimum absolute atomic E-state index is 0.547. The molecule has 5 nitrogen and oxygen atoms in total. The van der Waals surface area contributed by atoms with E-state index >= 15 is 0 Å². The van der Waals surface area contributed by atoms with Crippen molar-refractivity contribution in [2.45, 2.75) is 84.5 Å². The van der Waals surface area contributed by atoms with Crippen LogP contribution in [0.5, 0.6) is 5.75 Å². The molecule has 0 aliphatic rings. The third-order valence-corrected chi connectivity index (χ3v) is 4.65. The van der Waals surface area contributed by atoms with Gasteiger partial charge in [0.25, 0.3) is 0 Å². The Morgan fingerprint density at radius 1 is 0.750 bits per heavy atom. The van der Waals surface area contributed by atoms with Crippen LogP contribution >= 0.6 is 0 Å². The van der Waals surface area contributed by atoms with Crippen LogP contribution in [-0.2, 0) is 9.59 Å². The van der Waals surface area contributed by atoms with Gasteiger partial charge < -0.3 is 15.4 Å². The summed E-state index contributed by atoms with van der Waals surface area (Å²) >= 11 is 0. The van der Waals surface area contributed by atoms with Gasteiger partial charge in [0.05, 0.1) is 6.61 Å². The number of amides is 2. The van der Waals surface area contributed by atoms with Gasteiger partial charge in [0, 0.05) is 12.2 Å². The molecule has 0 atom stereocenters. The van der Waals surface area contributed by atoms with Gasteiger partial charge in [-0.3, -0.25) is 9.59 Å². The van der Waals surface area contributed by atoms with Crippen LogP contribution < -0.4 is 15.4 Å². The number of nitrogens with one attached hydrogen (secondary N) is 2. The van der Waals surface area contributed by atoms with Gasteiger partial charge in [0.1, 0.15) is 5.75 Å². The van der Waals surface area contributed by atoms with E-state index in [1.54, 1.807) is 24.3 Å². The molecule has 0 saturated carbocycles. The zero-order valence-electron chi connectivity index (χ0n) is 17.7. The zero-order valence-corrected chi connectivity index (χ0v) is 17.7. The lowest BCUT2D eigenvalue weighted by Crippen LogP contribution is -2.35. The normalized spacial score (nSPS) is 10.5. The largest absolute Gasteiger partial charge is 0.494 e. The molecule has 0 bridgehead atoms. The SMILES string of the molecule is CCCCCCCCCCNC(=O)C(=O)Nc1ccc(OCCCCC)cc1. The standard InChI is InChI=1S/C23H38N2O3/c1-3-5-7-8-9-10-11-12-18-24-22(26)23(27)25-20-14-16-21(17-15-20)28-19-13-6-4-2/h14-17H,3-13,18-19H2,1-2H3,(H,24,26)(H,25,27). The highest BCUT2D eigenvalue weighted by molar-refractivity contribution is 6.39. The van der Waals surface area contributed by atoms with E-state index in [0.29, 0.717) is 18.8 Å². The number of rotatable bonds is 15. The molecule has 1 aromatic rings. The summed E-state index contributed by atoms with van der Waals surface area (Å²) in [6, 6.07) is 7.11. The Morgan fingerprint density at radius 3 is 1.96 bits per heavy atom. The summed E-state index contributed by atoms with van der Waals surface area (Å²) in [5.74, 6) is -0.438. The number of unbranched alkanes of at least 4 members (excludes halogenated alkanes) is 9. The summed E-state index contributed by atoms with van der Waals surface area (Å²) in [5.41, 5.74) is 0.591. The topological polar surface area (TPSA) is 67.4 Å². The first-order valence-corrected chi connectivity index (χ1v) is 11.0. The van der Waals surface area contributed by atoms with Gasteiger partial charge in [0.15, 0.2) is 0 Å². The first kappa shape index (κ1) is 24.0. The van der Waals surface area contributed by atoms with Gasteiger partial charge in [-0.2, -0.15) is 0 Å². The van der Waals surface area contributed by atoms with Crippen LogP contribution in [-0.4, -0.2) is 25.0 Å². The summed E-state index contributed by atoms with van der Waals surface area (Å²) in [7, 11) is 0. The molecule has 158 valence electrons. The van der Waals surface area contributed by atoms with Crippen molar-refractivity contribution in [2.24, 2.45) is 0 Å². The Bertz CT molecular complexity index is 543. The third kappa shape index (κ3) is 11.6. The number of anilines is 1. The van der Waals surface area contributed by atoms with Crippen LogP contribution in [0.25, 0.3) is 0 Å². The van der Waals surface area contributed by atoms with Gasteiger partial charge in [0.2, 0.25) is 0 Å². The summed E-state index contributed by atoms with van der Waals surface area (Å²) < 4.78 is 5.64. The van der Waals surface area contributed by atoms with Crippen LogP contribution in [0.4, 0.5) is 5.69 Å². The van der Waals surface area contributed by atoms with Crippen molar-refractivity contribution in [1.29, 1.82) is 0 Å². The molecule has 28 heavy (non-hydrogen) atoms. The highest BCUT2D eigenvalue weighted by Gasteiger charge is 2.12. The molecule has 0 heterocycles. The predicted octanol–water partition coefficient (Wildman–Crippen LogP) is 5.45. The average molecular weight is 391 g/mol. The molecule has 1 rings (SSSR count). The summed E-state index contributed by atoms with van der Waals surface area (Å²) in [6.45, 7) is 5.62. The van der Waals surface area contributed by atoms with Gasteiger partial charge in [-0.1, -0.05) is 71.6 Å². The minimum Gasteiger partial charge on any atom is -0.494 e. The quantitative estimate of drug-likeness (QED) is 0.309. The van der Waals surface area contributed by atoms with Crippen molar-refractivity contribution in [3.05, 3.63) is 24.3 Å². The van der Waals surface area contributed by atoms with E-state index < -0.39 is 11.8 Å². The molecule has 0 spiro atoms. The number of benzene rings is 1. The summed E-state index contributed by atoms with van der Waals surface area (Å²) in [4.78, 5) is 23.8. The molecule has 5 heteroatoms. The molecule has 0 aromatic heterocycles. The number of hydrogen-bond acceptors (Lipinski definition) is 3.